The van der Waals surface area contributed by atoms with Gasteiger partial charge in [-0.25, -0.2) is 4.98 Å². The Kier molecular flexibility index (Phi) is 7.14. The Hall–Kier alpha value is -2.99. The summed E-state index contributed by atoms with van der Waals surface area (Å²) < 4.78 is 5.93. The van der Waals surface area contributed by atoms with Crippen molar-refractivity contribution in [1.29, 1.82) is 0 Å². The van der Waals surface area contributed by atoms with Crippen molar-refractivity contribution in [2.75, 3.05) is 0 Å². The van der Waals surface area contributed by atoms with Gasteiger partial charge in [-0.15, -0.1) is 11.3 Å². The molecule has 3 rings (SSSR count). The summed E-state index contributed by atoms with van der Waals surface area (Å²) in [6.45, 7) is 6.04. The predicted molar refractivity (Wildman–Crippen MR) is 118 cm³/mol. The fourth-order valence-electron chi connectivity index (χ4n) is 2.66. The number of para-hydroxylation sites is 1. The number of nitrogens with one attached hydrogen (secondary N) is 1. The van der Waals surface area contributed by atoms with E-state index in [-0.39, 0.29) is 18.1 Å². The molecule has 0 aliphatic carbocycles. The van der Waals surface area contributed by atoms with Crippen LogP contribution in [0, 0.1) is 0 Å². The number of hydrogen-bond donors (Lipinski definition) is 1. The second kappa shape index (κ2) is 9.98. The highest BCUT2D eigenvalue weighted by atomic mass is 32.1. The minimum atomic E-state index is -0.181. The summed E-state index contributed by atoms with van der Waals surface area (Å²) in [5.41, 5.74) is 2.78. The molecule has 0 aliphatic rings. The summed E-state index contributed by atoms with van der Waals surface area (Å²) in [6.07, 6.45) is 7.85. The van der Waals surface area contributed by atoms with Crippen molar-refractivity contribution in [2.24, 2.45) is 0 Å². The predicted octanol–water partition coefficient (Wildman–Crippen LogP) is 5.27. The molecule has 0 spiro atoms. The fraction of sp³-hybridized carbons (Fsp3) is 0.261. The first-order valence-electron chi connectivity index (χ1n) is 9.67. The molecule has 2 aromatic heterocycles. The van der Waals surface area contributed by atoms with Gasteiger partial charge in [0.15, 0.2) is 0 Å². The van der Waals surface area contributed by atoms with Crippen LogP contribution in [0.1, 0.15) is 43.8 Å². The summed E-state index contributed by atoms with van der Waals surface area (Å²) in [5, 5.41) is 5.82. The lowest BCUT2D eigenvalue weighted by molar-refractivity contribution is -0.117. The molecule has 0 saturated carbocycles. The number of carbonyl (C=O) groups is 1. The van der Waals surface area contributed by atoms with E-state index in [4.69, 9.17) is 4.74 Å². The number of rotatable bonds is 8. The molecule has 5 nitrogen and oxygen atoms in total. The molecule has 6 heteroatoms. The number of pyridine rings is 1. The molecular weight excluding hydrogens is 382 g/mol. The van der Waals surface area contributed by atoms with Gasteiger partial charge in [0.2, 0.25) is 5.91 Å². The summed E-state index contributed by atoms with van der Waals surface area (Å²) in [5.74, 6) is 0.609. The van der Waals surface area contributed by atoms with Crippen LogP contribution in [-0.2, 0) is 4.79 Å². The molecule has 1 amide bonds. The number of aromatic nitrogens is 2. The van der Waals surface area contributed by atoms with E-state index in [2.05, 4.69) is 22.2 Å². The second-order valence-corrected chi connectivity index (χ2v) is 7.63. The van der Waals surface area contributed by atoms with E-state index in [1.807, 2.05) is 55.6 Å². The van der Waals surface area contributed by atoms with Crippen LogP contribution in [0.15, 0.2) is 60.2 Å². The lowest BCUT2D eigenvalue weighted by Gasteiger charge is -2.14. The zero-order valence-electron chi connectivity index (χ0n) is 16.8. The Morgan fingerprint density at radius 3 is 2.72 bits per heavy atom. The Morgan fingerprint density at radius 1 is 1.21 bits per heavy atom. The highest BCUT2D eigenvalue weighted by Gasteiger charge is 2.13. The van der Waals surface area contributed by atoms with Crippen molar-refractivity contribution in [3.05, 3.63) is 70.8 Å². The van der Waals surface area contributed by atoms with Crippen molar-refractivity contribution in [3.63, 3.8) is 0 Å². The minimum absolute atomic E-state index is 0.123. The van der Waals surface area contributed by atoms with Crippen LogP contribution in [-0.4, -0.2) is 22.0 Å². The number of benzene rings is 1. The van der Waals surface area contributed by atoms with E-state index < -0.39 is 0 Å². The normalized spacial score (nSPS) is 13.2. The third-order valence-electron chi connectivity index (χ3n) is 4.46. The third kappa shape index (κ3) is 5.74. The number of nitrogens with zero attached hydrogens (tertiary/aromatic N) is 2. The van der Waals surface area contributed by atoms with Crippen LogP contribution in [0.5, 0.6) is 5.75 Å². The molecule has 0 fully saturated rings. The molecule has 0 aliphatic heterocycles. The highest BCUT2D eigenvalue weighted by molar-refractivity contribution is 7.10. The minimum Gasteiger partial charge on any atom is -0.490 e. The van der Waals surface area contributed by atoms with Gasteiger partial charge in [0.05, 0.1) is 17.8 Å². The molecule has 150 valence electrons. The first-order valence-corrected chi connectivity index (χ1v) is 10.5. The van der Waals surface area contributed by atoms with Crippen LogP contribution in [0.2, 0.25) is 0 Å². The second-order valence-electron chi connectivity index (χ2n) is 6.75. The molecular formula is C23H25N3O2S. The van der Waals surface area contributed by atoms with Gasteiger partial charge in [-0.05, 0) is 44.5 Å². The van der Waals surface area contributed by atoms with Gasteiger partial charge in [-0.1, -0.05) is 25.1 Å². The first kappa shape index (κ1) is 20.7. The molecule has 3 aromatic rings. The Labute approximate surface area is 175 Å². The van der Waals surface area contributed by atoms with Crippen molar-refractivity contribution >= 4 is 23.3 Å². The van der Waals surface area contributed by atoms with Gasteiger partial charge in [0.1, 0.15) is 10.8 Å². The number of thiazole rings is 1. The molecule has 2 unspecified atom stereocenters. The quantitative estimate of drug-likeness (QED) is 0.517. The molecule has 2 atom stereocenters. The van der Waals surface area contributed by atoms with Gasteiger partial charge in [0, 0.05) is 35.0 Å². The molecule has 0 radical (unpaired) electrons. The molecule has 0 saturated heterocycles. The highest BCUT2D eigenvalue weighted by Crippen LogP contribution is 2.25. The van der Waals surface area contributed by atoms with Crippen LogP contribution >= 0.6 is 11.3 Å². The van der Waals surface area contributed by atoms with Crippen LogP contribution in [0.25, 0.3) is 17.3 Å². The lowest BCUT2D eigenvalue weighted by atomic mass is 10.1. The Morgan fingerprint density at radius 2 is 1.97 bits per heavy atom. The monoisotopic (exact) mass is 407 g/mol. The molecule has 29 heavy (non-hydrogen) atoms. The molecule has 2 heterocycles. The standard InChI is InChI=1S/C23H25N3O2S/c1-4-16(2)28-21-8-6-5-7-19(21)9-10-22(27)25-17(3)23-26-20(15-29-23)18-11-13-24-14-12-18/h5-17H,4H2,1-3H3,(H,25,27)/b10-9+. The number of hydrogen-bond acceptors (Lipinski definition) is 5. The smallest absolute Gasteiger partial charge is 0.244 e. The van der Waals surface area contributed by atoms with Crippen molar-refractivity contribution < 1.29 is 9.53 Å². The van der Waals surface area contributed by atoms with Crippen LogP contribution in [0.4, 0.5) is 0 Å². The summed E-state index contributed by atoms with van der Waals surface area (Å²) in [4.78, 5) is 21.1. The van der Waals surface area contributed by atoms with E-state index in [0.717, 1.165) is 34.0 Å². The third-order valence-corrected chi connectivity index (χ3v) is 5.49. The fourth-order valence-corrected chi connectivity index (χ4v) is 3.49. The SMILES string of the molecule is CCC(C)Oc1ccccc1/C=C/C(=O)NC(C)c1nc(-c2ccncc2)cs1. The van der Waals surface area contributed by atoms with Gasteiger partial charge in [-0.3, -0.25) is 9.78 Å². The number of carbonyl (C=O) groups excluding carboxylic acids is 1. The maximum atomic E-state index is 12.4. The first-order chi connectivity index (χ1) is 14.1. The molecule has 1 aromatic carbocycles. The van der Waals surface area contributed by atoms with Gasteiger partial charge in [0.25, 0.3) is 0 Å². The van der Waals surface area contributed by atoms with Gasteiger partial charge >= 0.3 is 0 Å². The van der Waals surface area contributed by atoms with Gasteiger partial charge in [-0.2, -0.15) is 0 Å². The Balaban J connectivity index is 1.63. The number of ether oxygens (including phenoxy) is 1. The number of amides is 1. The summed E-state index contributed by atoms with van der Waals surface area (Å²) in [6, 6.07) is 11.4. The topological polar surface area (TPSA) is 64.1 Å². The zero-order chi connectivity index (χ0) is 20.6. The largest absolute Gasteiger partial charge is 0.490 e. The van der Waals surface area contributed by atoms with E-state index >= 15 is 0 Å². The average molecular weight is 408 g/mol. The van der Waals surface area contributed by atoms with Crippen molar-refractivity contribution in [1.82, 2.24) is 15.3 Å². The Bertz CT molecular complexity index is 969. The molecule has 0 bridgehead atoms. The van der Waals surface area contributed by atoms with Gasteiger partial charge < -0.3 is 10.1 Å². The molecule has 1 N–H and O–H groups in total. The van der Waals surface area contributed by atoms with Crippen molar-refractivity contribution in [3.8, 4) is 17.0 Å². The van der Waals surface area contributed by atoms with E-state index in [1.54, 1.807) is 18.5 Å². The zero-order valence-corrected chi connectivity index (χ0v) is 17.6. The van der Waals surface area contributed by atoms with E-state index in [9.17, 15) is 4.79 Å². The average Bonchev–Trinajstić information content (AvgIpc) is 3.24. The van der Waals surface area contributed by atoms with Crippen LogP contribution in [0.3, 0.4) is 0 Å². The van der Waals surface area contributed by atoms with Crippen molar-refractivity contribution in [2.45, 2.75) is 39.3 Å². The van der Waals surface area contributed by atoms with E-state index in [0.29, 0.717) is 0 Å². The summed E-state index contributed by atoms with van der Waals surface area (Å²) >= 11 is 1.53. The maximum Gasteiger partial charge on any atom is 0.244 e. The van der Waals surface area contributed by atoms with E-state index in [1.165, 1.54) is 17.4 Å². The summed E-state index contributed by atoms with van der Waals surface area (Å²) in [7, 11) is 0. The maximum absolute atomic E-state index is 12.4. The lowest BCUT2D eigenvalue weighted by Crippen LogP contribution is -2.24. The van der Waals surface area contributed by atoms with Crippen LogP contribution < -0.4 is 10.1 Å².